The molecule has 1 rings (SSSR count). The van der Waals surface area contributed by atoms with Crippen molar-refractivity contribution in [3.05, 3.63) is 0 Å². The molecule has 0 aromatic rings. The molecule has 0 saturated carbocycles. The van der Waals surface area contributed by atoms with E-state index in [-0.39, 0.29) is 0 Å². The largest absolute Gasteiger partial charge is 0.319 e. The van der Waals surface area contributed by atoms with Crippen LogP contribution in [-0.2, 0) is 0 Å². The summed E-state index contributed by atoms with van der Waals surface area (Å²) < 4.78 is 0. The first kappa shape index (κ1) is 11.0. The third-order valence-corrected chi connectivity index (χ3v) is 3.38. The summed E-state index contributed by atoms with van der Waals surface area (Å²) in [5, 5.41) is 3.36. The number of hydrogen-bond acceptors (Lipinski definition) is 2. The minimum atomic E-state index is 0.607. The van der Waals surface area contributed by atoms with Gasteiger partial charge in [-0.25, -0.2) is 0 Å². The molecule has 1 fully saturated rings. The van der Waals surface area contributed by atoms with Crippen molar-refractivity contribution in [3.63, 3.8) is 0 Å². The molecule has 1 saturated heterocycles. The van der Waals surface area contributed by atoms with Crippen LogP contribution in [0.3, 0.4) is 0 Å². The van der Waals surface area contributed by atoms with Crippen molar-refractivity contribution in [1.82, 2.24) is 10.2 Å². The zero-order chi connectivity index (χ0) is 9.73. The topological polar surface area (TPSA) is 15.3 Å². The van der Waals surface area contributed by atoms with Crippen molar-refractivity contribution in [2.75, 3.05) is 33.7 Å². The van der Waals surface area contributed by atoms with Gasteiger partial charge < -0.3 is 10.2 Å². The molecule has 2 heteroatoms. The highest BCUT2D eigenvalue weighted by Gasteiger charge is 2.31. The standard InChI is InChI=1S/C11H24N2/c1-4-5-11(10-12-2)6-8-13(3)9-7-11/h12H,4-10H2,1-3H3. The second-order valence-corrected chi connectivity index (χ2v) is 4.58. The van der Waals surface area contributed by atoms with Crippen LogP contribution in [0.2, 0.25) is 0 Å². The number of likely N-dealkylation sites (tertiary alicyclic amines) is 1. The van der Waals surface area contributed by atoms with Crippen LogP contribution in [-0.4, -0.2) is 38.6 Å². The van der Waals surface area contributed by atoms with Gasteiger partial charge in [0.2, 0.25) is 0 Å². The van der Waals surface area contributed by atoms with Gasteiger partial charge in [0.1, 0.15) is 0 Å². The lowest BCUT2D eigenvalue weighted by Gasteiger charge is -2.40. The third kappa shape index (κ3) is 2.96. The molecule has 0 amide bonds. The summed E-state index contributed by atoms with van der Waals surface area (Å²) in [4.78, 5) is 2.45. The molecule has 0 aromatic heterocycles. The van der Waals surface area contributed by atoms with Gasteiger partial charge in [0.15, 0.2) is 0 Å². The lowest BCUT2D eigenvalue weighted by molar-refractivity contribution is 0.111. The van der Waals surface area contributed by atoms with Crippen molar-refractivity contribution in [1.29, 1.82) is 0 Å². The predicted molar refractivity (Wildman–Crippen MR) is 58.0 cm³/mol. The maximum absolute atomic E-state index is 3.36. The minimum Gasteiger partial charge on any atom is -0.319 e. The molecule has 0 atom stereocenters. The molecule has 2 nitrogen and oxygen atoms in total. The summed E-state index contributed by atoms with van der Waals surface area (Å²) in [7, 11) is 4.31. The Morgan fingerprint density at radius 1 is 1.31 bits per heavy atom. The van der Waals surface area contributed by atoms with E-state index in [0.29, 0.717) is 5.41 Å². The predicted octanol–water partition coefficient (Wildman–Crippen LogP) is 1.72. The van der Waals surface area contributed by atoms with Crippen molar-refractivity contribution >= 4 is 0 Å². The van der Waals surface area contributed by atoms with E-state index < -0.39 is 0 Å². The first-order chi connectivity index (χ1) is 6.22. The van der Waals surface area contributed by atoms with Gasteiger partial charge in [-0.3, -0.25) is 0 Å². The van der Waals surface area contributed by atoms with Gasteiger partial charge in [0, 0.05) is 6.54 Å². The van der Waals surface area contributed by atoms with Crippen LogP contribution in [0.4, 0.5) is 0 Å². The molecule has 0 bridgehead atoms. The van der Waals surface area contributed by atoms with Gasteiger partial charge >= 0.3 is 0 Å². The van der Waals surface area contributed by atoms with Crippen LogP contribution >= 0.6 is 0 Å². The van der Waals surface area contributed by atoms with Gasteiger partial charge in [-0.15, -0.1) is 0 Å². The summed E-state index contributed by atoms with van der Waals surface area (Å²) >= 11 is 0. The second kappa shape index (κ2) is 4.97. The minimum absolute atomic E-state index is 0.607. The maximum atomic E-state index is 3.36. The summed E-state index contributed by atoms with van der Waals surface area (Å²) in [5.74, 6) is 0. The number of nitrogens with one attached hydrogen (secondary N) is 1. The van der Waals surface area contributed by atoms with Gasteiger partial charge in [-0.05, 0) is 51.9 Å². The Morgan fingerprint density at radius 2 is 1.92 bits per heavy atom. The summed E-state index contributed by atoms with van der Waals surface area (Å²) in [6.07, 6.45) is 5.46. The maximum Gasteiger partial charge on any atom is 0.000576 e. The smallest absolute Gasteiger partial charge is 0.000576 e. The van der Waals surface area contributed by atoms with E-state index in [1.165, 1.54) is 45.3 Å². The molecule has 0 unspecified atom stereocenters. The third-order valence-electron chi connectivity index (χ3n) is 3.38. The molecule has 13 heavy (non-hydrogen) atoms. The van der Waals surface area contributed by atoms with E-state index in [9.17, 15) is 0 Å². The molecule has 78 valence electrons. The Labute approximate surface area is 82.7 Å². The Bertz CT molecular complexity index is 129. The average Bonchev–Trinajstić information content (AvgIpc) is 2.11. The lowest BCUT2D eigenvalue weighted by atomic mass is 9.75. The molecular weight excluding hydrogens is 160 g/mol. The van der Waals surface area contributed by atoms with E-state index in [0.717, 1.165) is 0 Å². The van der Waals surface area contributed by atoms with E-state index in [1.807, 2.05) is 0 Å². The van der Waals surface area contributed by atoms with Crippen LogP contribution in [0.15, 0.2) is 0 Å². The van der Waals surface area contributed by atoms with Crippen molar-refractivity contribution in [2.24, 2.45) is 5.41 Å². The van der Waals surface area contributed by atoms with Gasteiger partial charge in [0.05, 0.1) is 0 Å². The monoisotopic (exact) mass is 184 g/mol. The lowest BCUT2D eigenvalue weighted by Crippen LogP contribution is -2.43. The first-order valence-corrected chi connectivity index (χ1v) is 5.55. The Hall–Kier alpha value is -0.0800. The number of piperidine rings is 1. The molecule has 1 heterocycles. The van der Waals surface area contributed by atoms with Gasteiger partial charge in [0.25, 0.3) is 0 Å². The SMILES string of the molecule is CCCC1(CNC)CCN(C)CC1. The summed E-state index contributed by atoms with van der Waals surface area (Å²) in [6, 6.07) is 0. The molecule has 1 N–H and O–H groups in total. The van der Waals surface area contributed by atoms with Crippen LogP contribution in [0.25, 0.3) is 0 Å². The Kier molecular flexibility index (Phi) is 4.20. The molecule has 0 aliphatic carbocycles. The van der Waals surface area contributed by atoms with Gasteiger partial charge in [-0.1, -0.05) is 13.3 Å². The fourth-order valence-electron chi connectivity index (χ4n) is 2.51. The second-order valence-electron chi connectivity index (χ2n) is 4.58. The zero-order valence-electron chi connectivity index (χ0n) is 9.40. The fourth-order valence-corrected chi connectivity index (χ4v) is 2.51. The normalized spacial score (nSPS) is 23.3. The van der Waals surface area contributed by atoms with Crippen LogP contribution in [0, 0.1) is 5.41 Å². The highest BCUT2D eigenvalue weighted by Crippen LogP contribution is 2.34. The molecule has 1 aliphatic heterocycles. The molecule has 0 aromatic carbocycles. The zero-order valence-corrected chi connectivity index (χ0v) is 9.40. The van der Waals surface area contributed by atoms with Gasteiger partial charge in [-0.2, -0.15) is 0 Å². The molecule has 1 aliphatic rings. The molecule has 0 radical (unpaired) electrons. The van der Waals surface area contributed by atoms with E-state index in [2.05, 4.69) is 31.2 Å². The summed E-state index contributed by atoms with van der Waals surface area (Å²) in [6.45, 7) is 6.06. The highest BCUT2D eigenvalue weighted by atomic mass is 15.1. The van der Waals surface area contributed by atoms with E-state index in [1.54, 1.807) is 0 Å². The number of nitrogens with zero attached hydrogens (tertiary/aromatic N) is 1. The number of rotatable bonds is 4. The van der Waals surface area contributed by atoms with Crippen LogP contribution in [0.5, 0.6) is 0 Å². The Balaban J connectivity index is 2.47. The Morgan fingerprint density at radius 3 is 2.38 bits per heavy atom. The van der Waals surface area contributed by atoms with Crippen LogP contribution < -0.4 is 5.32 Å². The van der Waals surface area contributed by atoms with Crippen molar-refractivity contribution in [3.8, 4) is 0 Å². The first-order valence-electron chi connectivity index (χ1n) is 5.55. The quantitative estimate of drug-likeness (QED) is 0.715. The molecule has 0 spiro atoms. The fraction of sp³-hybridized carbons (Fsp3) is 1.00. The van der Waals surface area contributed by atoms with E-state index in [4.69, 9.17) is 0 Å². The summed E-state index contributed by atoms with van der Waals surface area (Å²) in [5.41, 5.74) is 0.607. The molecular formula is C11H24N2. The highest BCUT2D eigenvalue weighted by molar-refractivity contribution is 4.86. The average molecular weight is 184 g/mol. The van der Waals surface area contributed by atoms with Crippen molar-refractivity contribution < 1.29 is 0 Å². The van der Waals surface area contributed by atoms with Crippen LogP contribution in [0.1, 0.15) is 32.6 Å². The number of hydrogen-bond donors (Lipinski definition) is 1. The van der Waals surface area contributed by atoms with E-state index >= 15 is 0 Å². The van der Waals surface area contributed by atoms with Crippen molar-refractivity contribution in [2.45, 2.75) is 32.6 Å².